The molecule has 90 valence electrons. The molecular formula is C13H20ClNO. The van der Waals surface area contributed by atoms with Gasteiger partial charge in [-0.1, -0.05) is 23.8 Å². The van der Waals surface area contributed by atoms with E-state index in [1.165, 1.54) is 0 Å². The standard InChI is InChI=1S/C13H20ClNO/c1-9(15-13(2,3)4)12(16)10-6-5-7-11(14)8-10/h5,7-10,15H,6H2,1-4H3/t9-,10+/m0/s1. The molecule has 2 atom stereocenters. The normalized spacial score (nSPS) is 22.8. The Morgan fingerprint density at radius 2 is 2.19 bits per heavy atom. The van der Waals surface area contributed by atoms with Gasteiger partial charge in [-0.15, -0.1) is 0 Å². The molecule has 0 aromatic heterocycles. The van der Waals surface area contributed by atoms with E-state index >= 15 is 0 Å². The number of hydrogen-bond donors (Lipinski definition) is 1. The van der Waals surface area contributed by atoms with Crippen LogP contribution in [-0.2, 0) is 4.79 Å². The van der Waals surface area contributed by atoms with Crippen LogP contribution in [-0.4, -0.2) is 17.4 Å². The molecule has 1 rings (SSSR count). The summed E-state index contributed by atoms with van der Waals surface area (Å²) >= 11 is 5.89. The van der Waals surface area contributed by atoms with E-state index in [0.717, 1.165) is 6.42 Å². The molecule has 0 fully saturated rings. The minimum Gasteiger partial charge on any atom is -0.303 e. The highest BCUT2D eigenvalue weighted by molar-refractivity contribution is 6.31. The summed E-state index contributed by atoms with van der Waals surface area (Å²) in [7, 11) is 0. The third-order valence-corrected chi connectivity index (χ3v) is 2.72. The van der Waals surface area contributed by atoms with Crippen molar-refractivity contribution in [1.29, 1.82) is 0 Å². The molecule has 0 bridgehead atoms. The molecule has 1 aliphatic rings. The summed E-state index contributed by atoms with van der Waals surface area (Å²) in [5, 5.41) is 3.94. The maximum absolute atomic E-state index is 12.1. The molecule has 0 saturated heterocycles. The van der Waals surface area contributed by atoms with Gasteiger partial charge >= 0.3 is 0 Å². The van der Waals surface area contributed by atoms with E-state index in [0.29, 0.717) is 5.03 Å². The summed E-state index contributed by atoms with van der Waals surface area (Å²) in [5.41, 5.74) is -0.0485. The first-order valence-corrected chi connectivity index (χ1v) is 6.02. The molecule has 0 spiro atoms. The third kappa shape index (κ3) is 4.11. The molecule has 0 saturated carbocycles. The van der Waals surface area contributed by atoms with Crippen LogP contribution in [0.15, 0.2) is 23.3 Å². The molecule has 3 heteroatoms. The number of carbonyl (C=O) groups excluding carboxylic acids is 1. The van der Waals surface area contributed by atoms with Gasteiger partial charge in [0.2, 0.25) is 0 Å². The quantitative estimate of drug-likeness (QED) is 0.823. The van der Waals surface area contributed by atoms with Gasteiger partial charge in [0, 0.05) is 16.5 Å². The predicted molar refractivity (Wildman–Crippen MR) is 68.5 cm³/mol. The molecule has 0 unspecified atom stereocenters. The van der Waals surface area contributed by atoms with Crippen LogP contribution in [0.2, 0.25) is 0 Å². The summed E-state index contributed by atoms with van der Waals surface area (Å²) in [6.07, 6.45) is 6.39. The number of hydrogen-bond acceptors (Lipinski definition) is 2. The fraction of sp³-hybridized carbons (Fsp3) is 0.615. The van der Waals surface area contributed by atoms with E-state index in [9.17, 15) is 4.79 Å². The Hall–Kier alpha value is -0.600. The summed E-state index contributed by atoms with van der Waals surface area (Å²) in [5.74, 6) is 0.125. The van der Waals surface area contributed by atoms with Crippen LogP contribution < -0.4 is 5.32 Å². The Balaban J connectivity index is 2.61. The van der Waals surface area contributed by atoms with Crippen molar-refractivity contribution in [3.8, 4) is 0 Å². The summed E-state index contributed by atoms with van der Waals surface area (Å²) < 4.78 is 0. The topological polar surface area (TPSA) is 29.1 Å². The maximum Gasteiger partial charge on any atom is 0.156 e. The zero-order valence-corrected chi connectivity index (χ0v) is 11.1. The van der Waals surface area contributed by atoms with Crippen LogP contribution in [0.1, 0.15) is 34.1 Å². The number of Topliss-reactive ketones (excluding diaryl/α,β-unsaturated/α-hetero) is 1. The van der Waals surface area contributed by atoms with Crippen molar-refractivity contribution in [3.05, 3.63) is 23.3 Å². The van der Waals surface area contributed by atoms with Crippen molar-refractivity contribution in [3.63, 3.8) is 0 Å². The van der Waals surface area contributed by atoms with Crippen molar-refractivity contribution in [2.75, 3.05) is 0 Å². The lowest BCUT2D eigenvalue weighted by Crippen LogP contribution is -2.47. The lowest BCUT2D eigenvalue weighted by atomic mass is 9.91. The zero-order chi connectivity index (χ0) is 12.3. The Morgan fingerprint density at radius 1 is 1.56 bits per heavy atom. The van der Waals surface area contributed by atoms with Gasteiger partial charge < -0.3 is 5.32 Å². The Morgan fingerprint density at radius 3 is 2.69 bits per heavy atom. The van der Waals surface area contributed by atoms with Crippen molar-refractivity contribution >= 4 is 17.4 Å². The van der Waals surface area contributed by atoms with Gasteiger partial charge in [-0.2, -0.15) is 0 Å². The molecule has 0 heterocycles. The first kappa shape index (κ1) is 13.5. The highest BCUT2D eigenvalue weighted by atomic mass is 35.5. The maximum atomic E-state index is 12.1. The van der Waals surface area contributed by atoms with Crippen molar-refractivity contribution in [1.82, 2.24) is 5.32 Å². The lowest BCUT2D eigenvalue weighted by Gasteiger charge is -2.27. The zero-order valence-electron chi connectivity index (χ0n) is 10.4. The Kier molecular flexibility index (Phi) is 4.34. The second kappa shape index (κ2) is 5.15. The smallest absolute Gasteiger partial charge is 0.156 e. The van der Waals surface area contributed by atoms with Gasteiger partial charge in [0.05, 0.1) is 6.04 Å². The monoisotopic (exact) mass is 241 g/mol. The molecule has 0 aliphatic heterocycles. The van der Waals surface area contributed by atoms with Crippen molar-refractivity contribution in [2.45, 2.75) is 45.7 Å². The molecule has 0 radical (unpaired) electrons. The van der Waals surface area contributed by atoms with Crippen LogP contribution in [0.4, 0.5) is 0 Å². The summed E-state index contributed by atoms with van der Waals surface area (Å²) in [6, 6.07) is -0.141. The fourth-order valence-electron chi connectivity index (χ4n) is 1.88. The van der Waals surface area contributed by atoms with E-state index in [1.807, 2.05) is 25.2 Å². The van der Waals surface area contributed by atoms with E-state index in [1.54, 1.807) is 0 Å². The molecule has 0 aromatic carbocycles. The molecular weight excluding hydrogens is 222 g/mol. The van der Waals surface area contributed by atoms with Crippen LogP contribution in [0.5, 0.6) is 0 Å². The largest absolute Gasteiger partial charge is 0.303 e. The van der Waals surface area contributed by atoms with E-state index in [2.05, 4.69) is 26.1 Å². The molecule has 1 aliphatic carbocycles. The second-order valence-corrected chi connectivity index (χ2v) is 5.75. The van der Waals surface area contributed by atoms with Gasteiger partial charge in [-0.3, -0.25) is 4.79 Å². The van der Waals surface area contributed by atoms with Crippen molar-refractivity contribution < 1.29 is 4.79 Å². The number of ketones is 1. The molecule has 16 heavy (non-hydrogen) atoms. The highest BCUT2D eigenvalue weighted by Gasteiger charge is 2.25. The number of rotatable bonds is 3. The highest BCUT2D eigenvalue weighted by Crippen LogP contribution is 2.21. The van der Waals surface area contributed by atoms with E-state index in [-0.39, 0.29) is 23.3 Å². The lowest BCUT2D eigenvalue weighted by molar-refractivity contribution is -0.123. The van der Waals surface area contributed by atoms with Crippen LogP contribution >= 0.6 is 11.6 Å². The van der Waals surface area contributed by atoms with Crippen LogP contribution in [0.3, 0.4) is 0 Å². The molecule has 1 N–H and O–H groups in total. The third-order valence-electron chi connectivity index (χ3n) is 2.47. The van der Waals surface area contributed by atoms with Crippen LogP contribution in [0, 0.1) is 5.92 Å². The number of allylic oxidation sites excluding steroid dienone is 4. The van der Waals surface area contributed by atoms with E-state index < -0.39 is 0 Å². The molecule has 0 aromatic rings. The van der Waals surface area contributed by atoms with Gasteiger partial charge in [-0.05, 0) is 40.2 Å². The van der Waals surface area contributed by atoms with Gasteiger partial charge in [-0.25, -0.2) is 0 Å². The molecule has 0 amide bonds. The minimum absolute atomic E-state index is 0.0485. The van der Waals surface area contributed by atoms with Gasteiger partial charge in [0.1, 0.15) is 0 Å². The number of halogens is 1. The van der Waals surface area contributed by atoms with Gasteiger partial charge in [0.25, 0.3) is 0 Å². The SMILES string of the molecule is C[C@H](NC(C)(C)C)C(=O)[C@H]1C=C(Cl)C=CC1. The van der Waals surface area contributed by atoms with Crippen molar-refractivity contribution in [2.24, 2.45) is 5.92 Å². The van der Waals surface area contributed by atoms with Crippen LogP contribution in [0.25, 0.3) is 0 Å². The molecule has 2 nitrogen and oxygen atoms in total. The summed E-state index contributed by atoms with van der Waals surface area (Å²) in [6.45, 7) is 8.08. The minimum atomic E-state index is -0.141. The average molecular weight is 242 g/mol. The predicted octanol–water partition coefficient (Wildman–Crippen LogP) is 3.03. The number of carbonyl (C=O) groups is 1. The van der Waals surface area contributed by atoms with E-state index in [4.69, 9.17) is 11.6 Å². The summed E-state index contributed by atoms with van der Waals surface area (Å²) in [4.78, 5) is 12.1. The second-order valence-electron chi connectivity index (χ2n) is 5.31. The average Bonchev–Trinajstić information content (AvgIpc) is 2.14. The van der Waals surface area contributed by atoms with Gasteiger partial charge in [0.15, 0.2) is 5.78 Å². The first-order chi connectivity index (χ1) is 7.29. The fourth-order valence-corrected chi connectivity index (χ4v) is 2.12. The number of nitrogens with one attached hydrogen (secondary N) is 1. The Bertz CT molecular complexity index is 325. The Labute approximate surface area is 103 Å². The first-order valence-electron chi connectivity index (χ1n) is 5.65.